The van der Waals surface area contributed by atoms with Gasteiger partial charge < -0.3 is 14.0 Å². The van der Waals surface area contributed by atoms with Gasteiger partial charge in [0.25, 0.3) is 0 Å². The van der Waals surface area contributed by atoms with Crippen molar-refractivity contribution >= 4 is 44.4 Å². The van der Waals surface area contributed by atoms with Crippen LogP contribution in [0.3, 0.4) is 0 Å². The number of carbonyl (C=O) groups excluding carboxylic acids is 1. The molecule has 9 heteroatoms. The molecule has 2 aromatic heterocycles. The molecule has 33 heavy (non-hydrogen) atoms. The maximum atomic E-state index is 13.5. The van der Waals surface area contributed by atoms with Crippen molar-refractivity contribution in [3.63, 3.8) is 0 Å². The third-order valence-electron chi connectivity index (χ3n) is 5.30. The predicted octanol–water partition coefficient (Wildman–Crippen LogP) is 4.90. The second-order valence-electron chi connectivity index (χ2n) is 7.37. The van der Waals surface area contributed by atoms with Crippen molar-refractivity contribution in [2.75, 3.05) is 31.9 Å². The summed E-state index contributed by atoms with van der Waals surface area (Å²) in [6, 6.07) is 11.8. The summed E-state index contributed by atoms with van der Waals surface area (Å²) in [5.41, 5.74) is 1.68. The monoisotopic (exact) mass is 482 g/mol. The average molecular weight is 483 g/mol. The third-order valence-corrected chi connectivity index (χ3v) is 7.14. The van der Waals surface area contributed by atoms with Crippen molar-refractivity contribution in [3.05, 3.63) is 60.7 Å². The van der Waals surface area contributed by atoms with Gasteiger partial charge >= 0.3 is 0 Å². The van der Waals surface area contributed by atoms with Gasteiger partial charge in [-0.25, -0.2) is 9.97 Å². The van der Waals surface area contributed by atoms with Crippen LogP contribution in [0.4, 0.5) is 5.13 Å². The van der Waals surface area contributed by atoms with Crippen LogP contribution in [0.1, 0.15) is 12.0 Å². The van der Waals surface area contributed by atoms with E-state index < -0.39 is 0 Å². The first-order chi connectivity index (χ1) is 16.1. The summed E-state index contributed by atoms with van der Waals surface area (Å²) < 4.78 is 13.9. The van der Waals surface area contributed by atoms with Gasteiger partial charge in [-0.2, -0.15) is 0 Å². The third kappa shape index (κ3) is 5.31. The minimum absolute atomic E-state index is 0.00882. The molecule has 0 aliphatic rings. The molecular formula is C24H26N4O3S2. The number of carbonyl (C=O) groups is 1. The molecule has 7 nitrogen and oxygen atoms in total. The molecule has 0 saturated heterocycles. The van der Waals surface area contributed by atoms with Gasteiger partial charge in [-0.3, -0.25) is 9.69 Å². The largest absolute Gasteiger partial charge is 0.495 e. The van der Waals surface area contributed by atoms with E-state index in [2.05, 4.69) is 4.98 Å². The lowest BCUT2D eigenvalue weighted by molar-refractivity contribution is -0.118. The molecule has 2 aromatic carbocycles. The second kappa shape index (κ2) is 10.7. The van der Waals surface area contributed by atoms with E-state index in [1.807, 2.05) is 53.4 Å². The number of ether oxygens (including phenoxy) is 2. The molecule has 4 aromatic rings. The first kappa shape index (κ1) is 23.1. The van der Waals surface area contributed by atoms with Crippen LogP contribution < -0.4 is 14.4 Å². The van der Waals surface area contributed by atoms with Gasteiger partial charge in [0, 0.05) is 30.4 Å². The predicted molar refractivity (Wildman–Crippen MR) is 134 cm³/mol. The Kier molecular flexibility index (Phi) is 7.51. The highest BCUT2D eigenvalue weighted by molar-refractivity contribution is 7.98. The van der Waals surface area contributed by atoms with Gasteiger partial charge in [0.1, 0.15) is 21.7 Å². The van der Waals surface area contributed by atoms with Crippen LogP contribution in [-0.4, -0.2) is 47.5 Å². The zero-order chi connectivity index (χ0) is 23.2. The fourth-order valence-corrected chi connectivity index (χ4v) is 5.09. The molecule has 0 aliphatic heterocycles. The zero-order valence-corrected chi connectivity index (χ0v) is 20.5. The fraction of sp³-hybridized carbons (Fsp3) is 0.292. The molecule has 0 spiro atoms. The van der Waals surface area contributed by atoms with E-state index >= 15 is 0 Å². The van der Waals surface area contributed by atoms with Crippen LogP contribution in [0.15, 0.2) is 60.0 Å². The Morgan fingerprint density at radius 3 is 2.55 bits per heavy atom. The van der Waals surface area contributed by atoms with Gasteiger partial charge in [0.15, 0.2) is 5.13 Å². The van der Waals surface area contributed by atoms with Gasteiger partial charge in [0.05, 0.1) is 27.0 Å². The van der Waals surface area contributed by atoms with E-state index in [-0.39, 0.29) is 5.91 Å². The topological polar surface area (TPSA) is 69.5 Å². The van der Waals surface area contributed by atoms with Gasteiger partial charge in [0.2, 0.25) is 5.91 Å². The number of amides is 1. The van der Waals surface area contributed by atoms with E-state index in [0.717, 1.165) is 23.2 Å². The Morgan fingerprint density at radius 1 is 1.12 bits per heavy atom. The van der Waals surface area contributed by atoms with Gasteiger partial charge in [-0.1, -0.05) is 23.5 Å². The number of rotatable bonds is 10. The first-order valence-corrected chi connectivity index (χ1v) is 12.6. The minimum Gasteiger partial charge on any atom is -0.495 e. The van der Waals surface area contributed by atoms with Crippen LogP contribution in [0.2, 0.25) is 0 Å². The molecule has 4 rings (SSSR count). The van der Waals surface area contributed by atoms with E-state index in [1.54, 1.807) is 43.4 Å². The van der Waals surface area contributed by atoms with E-state index in [0.29, 0.717) is 35.1 Å². The van der Waals surface area contributed by atoms with Crippen LogP contribution in [0.25, 0.3) is 10.2 Å². The molecular weight excluding hydrogens is 456 g/mol. The number of imidazole rings is 1. The Hall–Kier alpha value is -3.04. The summed E-state index contributed by atoms with van der Waals surface area (Å²) in [5, 5.41) is 0.643. The standard InChI is InChI=1S/C24H26N4O3S2/c1-30-19-9-10-20(31-2)23-22(19)26-24(33-23)28(13-4-12-27-14-11-25-16-27)21(29)15-17-5-7-18(32-3)8-6-17/h5-11,14,16H,4,12-13,15H2,1-3H3. The number of methoxy groups -OCH3 is 2. The summed E-state index contributed by atoms with van der Waals surface area (Å²) in [7, 11) is 3.25. The lowest BCUT2D eigenvalue weighted by Crippen LogP contribution is -2.33. The lowest BCUT2D eigenvalue weighted by atomic mass is 10.1. The maximum absolute atomic E-state index is 13.5. The fourth-order valence-electron chi connectivity index (χ4n) is 3.56. The maximum Gasteiger partial charge on any atom is 0.233 e. The van der Waals surface area contributed by atoms with Crippen LogP contribution in [0.5, 0.6) is 11.5 Å². The Morgan fingerprint density at radius 2 is 1.88 bits per heavy atom. The number of thioether (sulfide) groups is 1. The second-order valence-corrected chi connectivity index (χ2v) is 9.23. The molecule has 0 atom stereocenters. The van der Waals surface area contributed by atoms with Gasteiger partial charge in [-0.15, -0.1) is 11.8 Å². The number of anilines is 1. The Balaban J connectivity index is 1.63. The van der Waals surface area contributed by atoms with E-state index in [1.165, 1.54) is 16.2 Å². The number of nitrogens with zero attached hydrogens (tertiary/aromatic N) is 4. The van der Waals surface area contributed by atoms with Crippen molar-refractivity contribution in [2.45, 2.75) is 24.3 Å². The number of benzene rings is 2. The highest BCUT2D eigenvalue weighted by atomic mass is 32.2. The molecule has 0 fully saturated rings. The summed E-state index contributed by atoms with van der Waals surface area (Å²) in [5.74, 6) is 1.38. The highest BCUT2D eigenvalue weighted by Crippen LogP contribution is 2.40. The van der Waals surface area contributed by atoms with Crippen LogP contribution in [0, 0.1) is 0 Å². The summed E-state index contributed by atoms with van der Waals surface area (Å²) in [6.07, 6.45) is 8.59. The van der Waals surface area contributed by atoms with Gasteiger partial charge in [-0.05, 0) is 42.5 Å². The molecule has 1 amide bonds. The summed E-state index contributed by atoms with van der Waals surface area (Å²) in [6.45, 7) is 1.31. The number of thiazole rings is 1. The minimum atomic E-state index is 0.00882. The molecule has 0 radical (unpaired) electrons. The molecule has 0 N–H and O–H groups in total. The van der Waals surface area contributed by atoms with Crippen molar-refractivity contribution < 1.29 is 14.3 Å². The zero-order valence-electron chi connectivity index (χ0n) is 18.9. The van der Waals surface area contributed by atoms with Crippen LogP contribution >= 0.6 is 23.1 Å². The quantitative estimate of drug-likeness (QED) is 0.300. The van der Waals surface area contributed by atoms with Crippen molar-refractivity contribution in [1.82, 2.24) is 14.5 Å². The number of fused-ring (bicyclic) bond motifs is 1. The normalized spacial score (nSPS) is 11.0. The number of hydrogen-bond acceptors (Lipinski definition) is 7. The molecule has 0 aliphatic carbocycles. The number of hydrogen-bond donors (Lipinski definition) is 0. The molecule has 0 unspecified atom stereocenters. The number of aromatic nitrogens is 3. The Bertz CT molecular complexity index is 1170. The summed E-state index contributed by atoms with van der Waals surface area (Å²) >= 11 is 3.13. The number of aryl methyl sites for hydroxylation is 1. The molecule has 0 saturated carbocycles. The van der Waals surface area contributed by atoms with Crippen molar-refractivity contribution in [2.24, 2.45) is 0 Å². The van der Waals surface area contributed by atoms with Crippen molar-refractivity contribution in [1.29, 1.82) is 0 Å². The molecule has 2 heterocycles. The first-order valence-electron chi connectivity index (χ1n) is 10.5. The SMILES string of the molecule is COc1ccc(OC)c2sc(N(CCCn3ccnc3)C(=O)Cc3ccc(SC)cc3)nc12. The van der Waals surface area contributed by atoms with Crippen molar-refractivity contribution in [3.8, 4) is 11.5 Å². The lowest BCUT2D eigenvalue weighted by Gasteiger charge is -2.20. The summed E-state index contributed by atoms with van der Waals surface area (Å²) in [4.78, 5) is 25.3. The highest BCUT2D eigenvalue weighted by Gasteiger charge is 2.22. The smallest absolute Gasteiger partial charge is 0.233 e. The van der Waals surface area contributed by atoms with Crippen LogP contribution in [-0.2, 0) is 17.8 Å². The van der Waals surface area contributed by atoms with E-state index in [9.17, 15) is 4.79 Å². The Labute approximate surface area is 201 Å². The van der Waals surface area contributed by atoms with E-state index in [4.69, 9.17) is 14.5 Å². The molecule has 0 bridgehead atoms. The average Bonchev–Trinajstić information content (AvgIpc) is 3.52. The molecule has 172 valence electrons.